The summed E-state index contributed by atoms with van der Waals surface area (Å²) in [6.45, 7) is 0. The number of benzene rings is 2. The van der Waals surface area contributed by atoms with Gasteiger partial charge in [0.25, 0.3) is 0 Å². The summed E-state index contributed by atoms with van der Waals surface area (Å²) in [6, 6.07) is 14.9. The van der Waals surface area contributed by atoms with Gasteiger partial charge in [-0.15, -0.1) is 0 Å². The van der Waals surface area contributed by atoms with Crippen molar-refractivity contribution < 1.29 is 4.39 Å². The minimum atomic E-state index is -0.275. The van der Waals surface area contributed by atoms with Gasteiger partial charge in [0.05, 0.1) is 0 Å². The van der Waals surface area contributed by atoms with Gasteiger partial charge >= 0.3 is 0 Å². The Morgan fingerprint density at radius 2 is 1.84 bits per heavy atom. The van der Waals surface area contributed by atoms with E-state index in [1.54, 1.807) is 12.1 Å². The molecule has 0 aliphatic carbocycles. The summed E-state index contributed by atoms with van der Waals surface area (Å²) < 4.78 is 13.6. The van der Waals surface area contributed by atoms with Gasteiger partial charge in [-0.1, -0.05) is 48.0 Å². The predicted octanol–water partition coefficient (Wildman–Crippen LogP) is 3.98. The van der Waals surface area contributed by atoms with Crippen LogP contribution in [-0.4, -0.2) is 6.04 Å². The average Bonchev–Trinajstić information content (AvgIpc) is 2.41. The van der Waals surface area contributed by atoms with Gasteiger partial charge in [-0.05, 0) is 42.5 Å². The maximum atomic E-state index is 13.6. The van der Waals surface area contributed by atoms with Crippen LogP contribution in [0.25, 0.3) is 0 Å². The first-order chi connectivity index (χ1) is 9.15. The van der Waals surface area contributed by atoms with Gasteiger partial charge in [0.1, 0.15) is 5.82 Å². The van der Waals surface area contributed by atoms with Gasteiger partial charge in [0.2, 0.25) is 0 Å². The molecule has 3 heteroatoms. The van der Waals surface area contributed by atoms with Crippen LogP contribution >= 0.6 is 11.6 Å². The largest absolute Gasteiger partial charge is 0.327 e. The van der Waals surface area contributed by atoms with Crippen molar-refractivity contribution in [2.45, 2.75) is 25.3 Å². The molecule has 1 nitrogen and oxygen atoms in total. The Labute approximate surface area is 118 Å². The fourth-order valence-corrected chi connectivity index (χ4v) is 2.23. The van der Waals surface area contributed by atoms with Crippen LogP contribution in [0.3, 0.4) is 0 Å². The molecule has 0 amide bonds. The Morgan fingerprint density at radius 3 is 2.53 bits per heavy atom. The van der Waals surface area contributed by atoms with Crippen LogP contribution in [0.2, 0.25) is 5.02 Å². The Hall–Kier alpha value is -1.38. The highest BCUT2D eigenvalue weighted by atomic mass is 35.5. The summed E-state index contributed by atoms with van der Waals surface area (Å²) in [6.07, 6.45) is 2.29. The molecule has 0 aromatic heterocycles. The van der Waals surface area contributed by atoms with Crippen molar-refractivity contribution in [3.8, 4) is 0 Å². The molecular formula is C16H17ClFN. The molecule has 2 N–H and O–H groups in total. The van der Waals surface area contributed by atoms with E-state index in [0.29, 0.717) is 17.0 Å². The zero-order valence-corrected chi connectivity index (χ0v) is 11.4. The van der Waals surface area contributed by atoms with Crippen molar-refractivity contribution in [3.05, 3.63) is 70.5 Å². The molecule has 0 aliphatic rings. The standard InChI is InChI=1S/C16H17ClFN/c17-14-8-7-13(16(18)11-14)10-15(19)9-6-12-4-2-1-3-5-12/h1-5,7-8,11,15H,6,9-10,19H2. The molecule has 2 aromatic carbocycles. The molecule has 19 heavy (non-hydrogen) atoms. The summed E-state index contributed by atoms with van der Waals surface area (Å²) in [5, 5.41) is 0.416. The van der Waals surface area contributed by atoms with Crippen LogP contribution in [0, 0.1) is 5.82 Å². The third-order valence-corrected chi connectivity index (χ3v) is 3.38. The van der Waals surface area contributed by atoms with Crippen LogP contribution in [0.1, 0.15) is 17.5 Å². The molecule has 0 aliphatic heterocycles. The normalized spacial score (nSPS) is 12.4. The van der Waals surface area contributed by atoms with Gasteiger partial charge in [0.15, 0.2) is 0 Å². The van der Waals surface area contributed by atoms with Crippen LogP contribution in [-0.2, 0) is 12.8 Å². The van der Waals surface area contributed by atoms with Crippen LogP contribution in [0.5, 0.6) is 0 Å². The number of aryl methyl sites for hydroxylation is 1. The van der Waals surface area contributed by atoms with Crippen molar-refractivity contribution >= 4 is 11.6 Å². The fraction of sp³-hybridized carbons (Fsp3) is 0.250. The molecule has 0 bridgehead atoms. The molecule has 0 fully saturated rings. The van der Waals surface area contributed by atoms with Gasteiger partial charge in [-0.3, -0.25) is 0 Å². The van der Waals surface area contributed by atoms with Gasteiger partial charge in [-0.2, -0.15) is 0 Å². The number of hydrogen-bond donors (Lipinski definition) is 1. The van der Waals surface area contributed by atoms with E-state index in [4.69, 9.17) is 17.3 Å². The van der Waals surface area contributed by atoms with E-state index < -0.39 is 0 Å². The molecule has 2 aromatic rings. The highest BCUT2D eigenvalue weighted by Gasteiger charge is 2.09. The number of hydrogen-bond acceptors (Lipinski definition) is 1. The third kappa shape index (κ3) is 4.34. The van der Waals surface area contributed by atoms with E-state index >= 15 is 0 Å². The lowest BCUT2D eigenvalue weighted by molar-refractivity contribution is 0.566. The fourth-order valence-electron chi connectivity index (χ4n) is 2.07. The van der Waals surface area contributed by atoms with E-state index in [9.17, 15) is 4.39 Å². The monoisotopic (exact) mass is 277 g/mol. The maximum absolute atomic E-state index is 13.6. The quantitative estimate of drug-likeness (QED) is 0.879. The van der Waals surface area contributed by atoms with E-state index in [1.807, 2.05) is 18.2 Å². The average molecular weight is 278 g/mol. The van der Waals surface area contributed by atoms with Crippen LogP contribution in [0.4, 0.5) is 4.39 Å². The second kappa shape index (κ2) is 6.69. The molecule has 0 radical (unpaired) electrons. The van der Waals surface area contributed by atoms with E-state index in [2.05, 4.69) is 12.1 Å². The molecule has 2 rings (SSSR count). The van der Waals surface area contributed by atoms with Crippen molar-refractivity contribution in [1.29, 1.82) is 0 Å². The zero-order chi connectivity index (χ0) is 13.7. The highest BCUT2D eigenvalue weighted by Crippen LogP contribution is 2.16. The second-order valence-electron chi connectivity index (χ2n) is 4.72. The summed E-state index contributed by atoms with van der Waals surface area (Å²) in [5.41, 5.74) is 7.95. The van der Waals surface area contributed by atoms with Crippen molar-refractivity contribution in [2.75, 3.05) is 0 Å². The summed E-state index contributed by atoms with van der Waals surface area (Å²) in [5.74, 6) is -0.275. The molecule has 0 spiro atoms. The molecular weight excluding hydrogens is 261 g/mol. The highest BCUT2D eigenvalue weighted by molar-refractivity contribution is 6.30. The summed E-state index contributed by atoms with van der Waals surface area (Å²) in [7, 11) is 0. The van der Waals surface area contributed by atoms with Crippen LogP contribution in [0.15, 0.2) is 48.5 Å². The van der Waals surface area contributed by atoms with E-state index in [-0.39, 0.29) is 11.9 Å². The Morgan fingerprint density at radius 1 is 1.11 bits per heavy atom. The summed E-state index contributed by atoms with van der Waals surface area (Å²) in [4.78, 5) is 0. The van der Waals surface area contributed by atoms with Crippen molar-refractivity contribution in [3.63, 3.8) is 0 Å². The minimum absolute atomic E-state index is 0.0455. The Bertz CT molecular complexity index is 528. The van der Waals surface area contributed by atoms with Gasteiger partial charge in [0, 0.05) is 11.1 Å². The molecule has 1 unspecified atom stereocenters. The van der Waals surface area contributed by atoms with E-state index in [1.165, 1.54) is 11.6 Å². The van der Waals surface area contributed by atoms with Crippen molar-refractivity contribution in [2.24, 2.45) is 5.73 Å². The first-order valence-corrected chi connectivity index (χ1v) is 6.76. The maximum Gasteiger partial charge on any atom is 0.127 e. The molecule has 1 atom stereocenters. The second-order valence-corrected chi connectivity index (χ2v) is 5.16. The smallest absolute Gasteiger partial charge is 0.127 e. The molecule has 0 saturated carbocycles. The number of rotatable bonds is 5. The van der Waals surface area contributed by atoms with Gasteiger partial charge in [-0.25, -0.2) is 4.39 Å². The third-order valence-electron chi connectivity index (χ3n) is 3.14. The minimum Gasteiger partial charge on any atom is -0.327 e. The molecule has 100 valence electrons. The number of halogens is 2. The Kier molecular flexibility index (Phi) is 4.94. The van der Waals surface area contributed by atoms with Gasteiger partial charge < -0.3 is 5.73 Å². The first-order valence-electron chi connectivity index (χ1n) is 6.38. The molecule has 0 heterocycles. The Balaban J connectivity index is 1.89. The summed E-state index contributed by atoms with van der Waals surface area (Å²) >= 11 is 5.72. The number of nitrogens with two attached hydrogens (primary N) is 1. The lowest BCUT2D eigenvalue weighted by Gasteiger charge is -2.12. The lowest BCUT2D eigenvalue weighted by Crippen LogP contribution is -2.24. The SMILES string of the molecule is NC(CCc1ccccc1)Cc1ccc(Cl)cc1F. The topological polar surface area (TPSA) is 26.0 Å². The van der Waals surface area contributed by atoms with Crippen molar-refractivity contribution in [1.82, 2.24) is 0 Å². The molecule has 0 saturated heterocycles. The predicted molar refractivity (Wildman–Crippen MR) is 77.9 cm³/mol. The first kappa shape index (κ1) is 14.0. The zero-order valence-electron chi connectivity index (χ0n) is 10.7. The van der Waals surface area contributed by atoms with Crippen LogP contribution < -0.4 is 5.73 Å². The lowest BCUT2D eigenvalue weighted by atomic mass is 9.99. The van der Waals surface area contributed by atoms with E-state index in [0.717, 1.165) is 12.8 Å².